The second-order valence-corrected chi connectivity index (χ2v) is 9.11. The number of nitrogens with one attached hydrogen (secondary N) is 3. The van der Waals surface area contributed by atoms with Gasteiger partial charge in [-0.05, 0) is 76.9 Å². The summed E-state index contributed by atoms with van der Waals surface area (Å²) >= 11 is 8.72. The zero-order valence-electron chi connectivity index (χ0n) is 18.7. The van der Waals surface area contributed by atoms with E-state index in [2.05, 4.69) is 52.7 Å². The lowest BCUT2D eigenvalue weighted by molar-refractivity contribution is -0.116. The third-order valence-corrected chi connectivity index (χ3v) is 5.23. The van der Waals surface area contributed by atoms with Crippen molar-refractivity contribution in [3.05, 3.63) is 52.5 Å². The molecule has 0 aliphatic heterocycles. The van der Waals surface area contributed by atoms with Crippen LogP contribution < -0.4 is 20.7 Å². The first-order valence-corrected chi connectivity index (χ1v) is 11.9. The number of carbonyl (C=O) groups excluding carboxylic acids is 2. The lowest BCUT2D eigenvalue weighted by Gasteiger charge is -2.13. The zero-order valence-corrected chi connectivity index (χ0v) is 21.1. The minimum Gasteiger partial charge on any atom is -0.492 e. The number of hydrogen-bond acceptors (Lipinski definition) is 4. The number of thiocarbonyl (C=S) groups is 1. The van der Waals surface area contributed by atoms with Gasteiger partial charge in [-0.25, -0.2) is 0 Å². The Morgan fingerprint density at radius 3 is 2.44 bits per heavy atom. The molecule has 0 aliphatic carbocycles. The van der Waals surface area contributed by atoms with Crippen LogP contribution in [0.15, 0.2) is 46.9 Å². The molecule has 0 aliphatic rings. The van der Waals surface area contributed by atoms with Crippen molar-refractivity contribution in [1.29, 1.82) is 0 Å². The molecule has 0 radical (unpaired) electrons. The van der Waals surface area contributed by atoms with Crippen molar-refractivity contribution in [2.24, 2.45) is 5.92 Å². The van der Waals surface area contributed by atoms with Gasteiger partial charge in [-0.15, -0.1) is 0 Å². The quantitative estimate of drug-likeness (QED) is 0.260. The van der Waals surface area contributed by atoms with Crippen LogP contribution in [0.25, 0.3) is 0 Å². The predicted octanol–water partition coefficient (Wildman–Crippen LogP) is 6.13. The molecular formula is C24H30BrN3O3S. The number of amides is 2. The first kappa shape index (κ1) is 25.8. The number of unbranched alkanes of at least 4 members (excludes halogenated alkanes) is 2. The van der Waals surface area contributed by atoms with E-state index < -0.39 is 0 Å². The average Bonchev–Trinajstić information content (AvgIpc) is 2.73. The van der Waals surface area contributed by atoms with Crippen LogP contribution in [0.5, 0.6) is 5.75 Å². The number of ether oxygens (including phenoxy) is 1. The van der Waals surface area contributed by atoms with Gasteiger partial charge < -0.3 is 15.4 Å². The van der Waals surface area contributed by atoms with Crippen LogP contribution >= 0.6 is 28.1 Å². The Kier molecular flexibility index (Phi) is 10.6. The fraction of sp³-hybridized carbons (Fsp3) is 0.375. The Bertz CT molecular complexity index is 950. The Labute approximate surface area is 203 Å². The predicted molar refractivity (Wildman–Crippen MR) is 137 cm³/mol. The summed E-state index contributed by atoms with van der Waals surface area (Å²) in [7, 11) is 0. The number of hydrogen-bond donors (Lipinski definition) is 3. The lowest BCUT2D eigenvalue weighted by atomic mass is 10.2. The van der Waals surface area contributed by atoms with E-state index in [9.17, 15) is 9.59 Å². The molecule has 0 bridgehead atoms. The van der Waals surface area contributed by atoms with Crippen molar-refractivity contribution < 1.29 is 14.3 Å². The molecule has 172 valence electrons. The van der Waals surface area contributed by atoms with Crippen molar-refractivity contribution in [2.75, 3.05) is 17.2 Å². The van der Waals surface area contributed by atoms with Crippen LogP contribution in [-0.2, 0) is 4.79 Å². The number of halogens is 1. The van der Waals surface area contributed by atoms with Crippen LogP contribution in [0, 0.1) is 5.92 Å². The molecule has 2 rings (SSSR count). The van der Waals surface area contributed by atoms with Crippen LogP contribution in [-0.4, -0.2) is 23.5 Å². The highest BCUT2D eigenvalue weighted by molar-refractivity contribution is 9.10. The number of rotatable bonds is 10. The molecule has 0 atom stereocenters. The smallest absolute Gasteiger partial charge is 0.257 e. The molecule has 32 heavy (non-hydrogen) atoms. The molecule has 0 unspecified atom stereocenters. The lowest BCUT2D eigenvalue weighted by Crippen LogP contribution is -2.34. The summed E-state index contributed by atoms with van der Waals surface area (Å²) in [5.41, 5.74) is 1.79. The first-order valence-electron chi connectivity index (χ1n) is 10.7. The Hall–Kier alpha value is -2.45. The molecular weight excluding hydrogens is 490 g/mol. The largest absolute Gasteiger partial charge is 0.492 e. The van der Waals surface area contributed by atoms with Gasteiger partial charge in [-0.1, -0.05) is 39.7 Å². The summed E-state index contributed by atoms with van der Waals surface area (Å²) in [4.78, 5) is 24.6. The van der Waals surface area contributed by atoms with Crippen molar-refractivity contribution in [3.8, 4) is 5.75 Å². The van der Waals surface area contributed by atoms with Crippen molar-refractivity contribution in [3.63, 3.8) is 0 Å². The van der Waals surface area contributed by atoms with E-state index in [0.717, 1.165) is 19.3 Å². The van der Waals surface area contributed by atoms with Crippen molar-refractivity contribution in [1.82, 2.24) is 5.32 Å². The maximum Gasteiger partial charge on any atom is 0.257 e. The van der Waals surface area contributed by atoms with Crippen molar-refractivity contribution >= 4 is 56.4 Å². The maximum atomic E-state index is 12.6. The van der Waals surface area contributed by atoms with Crippen molar-refractivity contribution in [2.45, 2.75) is 46.5 Å². The van der Waals surface area contributed by atoms with Crippen LogP contribution in [0.1, 0.15) is 56.8 Å². The van der Waals surface area contributed by atoms with Gasteiger partial charge in [0.1, 0.15) is 5.75 Å². The van der Waals surface area contributed by atoms with Gasteiger partial charge in [0.05, 0.1) is 11.1 Å². The van der Waals surface area contributed by atoms with Gasteiger partial charge in [0.25, 0.3) is 5.91 Å². The zero-order chi connectivity index (χ0) is 23.5. The van der Waals surface area contributed by atoms with E-state index in [1.807, 2.05) is 12.1 Å². The van der Waals surface area contributed by atoms with E-state index in [1.165, 1.54) is 0 Å². The highest BCUT2D eigenvalue weighted by Gasteiger charge is 2.12. The molecule has 0 fully saturated rings. The third kappa shape index (κ3) is 8.96. The minimum atomic E-state index is -0.334. The second kappa shape index (κ2) is 13.2. The molecule has 2 aromatic rings. The van der Waals surface area contributed by atoms with E-state index in [-0.39, 0.29) is 16.9 Å². The molecule has 0 saturated heterocycles. The normalized spacial score (nSPS) is 10.5. The fourth-order valence-electron chi connectivity index (χ4n) is 2.79. The molecule has 6 nitrogen and oxygen atoms in total. The van der Waals surface area contributed by atoms with Crippen LogP contribution in [0.3, 0.4) is 0 Å². The Balaban J connectivity index is 1.91. The third-order valence-electron chi connectivity index (χ3n) is 4.40. The first-order chi connectivity index (χ1) is 15.3. The Morgan fingerprint density at radius 2 is 1.78 bits per heavy atom. The SMILES string of the molecule is CCCCCC(=O)Nc1cccc(NC(=S)NC(=O)c2ccc(OCC(C)C)c(Br)c2)c1. The molecule has 2 amide bonds. The molecule has 0 heterocycles. The van der Waals surface area contributed by atoms with Gasteiger partial charge in [0.2, 0.25) is 5.91 Å². The number of carbonyl (C=O) groups is 2. The average molecular weight is 520 g/mol. The molecule has 8 heteroatoms. The Morgan fingerprint density at radius 1 is 1.06 bits per heavy atom. The van der Waals surface area contributed by atoms with E-state index in [4.69, 9.17) is 17.0 Å². The summed E-state index contributed by atoms with van der Waals surface area (Å²) in [5.74, 6) is 0.738. The monoisotopic (exact) mass is 519 g/mol. The minimum absolute atomic E-state index is 0.0159. The summed E-state index contributed by atoms with van der Waals surface area (Å²) < 4.78 is 6.41. The summed E-state index contributed by atoms with van der Waals surface area (Å²) in [6.07, 6.45) is 3.48. The van der Waals surface area contributed by atoms with Gasteiger partial charge >= 0.3 is 0 Å². The maximum absolute atomic E-state index is 12.6. The van der Waals surface area contributed by atoms with Gasteiger partial charge in [-0.2, -0.15) is 0 Å². The van der Waals surface area contributed by atoms with Gasteiger partial charge in [0, 0.05) is 23.4 Å². The standard InChI is InChI=1S/C24H30BrN3O3S/c1-4-5-6-10-22(29)26-18-8-7-9-19(14-18)27-24(32)28-23(30)17-11-12-21(20(25)13-17)31-15-16(2)3/h7-9,11-14,16H,4-6,10,15H2,1-3H3,(H,26,29)(H2,27,28,30,32). The van der Waals surface area contributed by atoms with E-state index >= 15 is 0 Å². The molecule has 2 aromatic carbocycles. The summed E-state index contributed by atoms with van der Waals surface area (Å²) in [5, 5.41) is 8.70. The molecule has 0 saturated carbocycles. The van der Waals surface area contributed by atoms with Gasteiger partial charge in [0.15, 0.2) is 5.11 Å². The highest BCUT2D eigenvalue weighted by Crippen LogP contribution is 2.26. The topological polar surface area (TPSA) is 79.5 Å². The van der Waals surface area contributed by atoms with E-state index in [1.54, 1.807) is 30.3 Å². The molecule has 3 N–H and O–H groups in total. The fourth-order valence-corrected chi connectivity index (χ4v) is 3.49. The molecule has 0 spiro atoms. The highest BCUT2D eigenvalue weighted by atomic mass is 79.9. The summed E-state index contributed by atoms with van der Waals surface area (Å²) in [6, 6.07) is 12.3. The van der Waals surface area contributed by atoms with Gasteiger partial charge in [-0.3, -0.25) is 14.9 Å². The number of anilines is 2. The summed E-state index contributed by atoms with van der Waals surface area (Å²) in [6.45, 7) is 6.84. The number of benzene rings is 2. The molecule has 0 aromatic heterocycles. The van der Waals surface area contributed by atoms with Crippen LogP contribution in [0.4, 0.5) is 11.4 Å². The second-order valence-electron chi connectivity index (χ2n) is 7.84. The van der Waals surface area contributed by atoms with E-state index in [0.29, 0.717) is 46.1 Å². The van der Waals surface area contributed by atoms with Crippen LogP contribution in [0.2, 0.25) is 0 Å².